The number of hydrogen-bond acceptors (Lipinski definition) is 3. The highest BCUT2D eigenvalue weighted by Gasteiger charge is 2.30. The van der Waals surface area contributed by atoms with Crippen molar-refractivity contribution in [3.63, 3.8) is 0 Å². The second-order valence-electron chi connectivity index (χ2n) is 7.29. The molecule has 142 valence electrons. The Morgan fingerprint density at radius 3 is 2.81 bits per heavy atom. The quantitative estimate of drug-likeness (QED) is 0.698. The average Bonchev–Trinajstić information content (AvgIpc) is 3.30. The smallest absolute Gasteiger partial charge is 0.256 e. The highest BCUT2D eigenvalue weighted by molar-refractivity contribution is 6.07. The highest BCUT2D eigenvalue weighted by Crippen LogP contribution is 2.27. The molecule has 3 heterocycles. The van der Waals surface area contributed by atoms with Gasteiger partial charge in [-0.3, -0.25) is 4.79 Å². The van der Waals surface area contributed by atoms with E-state index in [1.54, 1.807) is 0 Å². The van der Waals surface area contributed by atoms with Crippen LogP contribution in [0.1, 0.15) is 35.9 Å². The molecule has 0 saturated carbocycles. The monoisotopic (exact) mass is 365 g/mol. The average molecular weight is 365 g/mol. The van der Waals surface area contributed by atoms with E-state index in [-0.39, 0.29) is 11.9 Å². The zero-order chi connectivity index (χ0) is 19.0. The topological polar surface area (TPSA) is 46.3 Å². The number of carbonyl (C=O) groups excluding carboxylic acids is 1. The van der Waals surface area contributed by atoms with Gasteiger partial charge in [-0.1, -0.05) is 32.0 Å². The van der Waals surface area contributed by atoms with Gasteiger partial charge >= 0.3 is 0 Å². The van der Waals surface area contributed by atoms with Gasteiger partial charge in [-0.05, 0) is 19.2 Å². The van der Waals surface area contributed by atoms with Gasteiger partial charge in [0, 0.05) is 43.4 Å². The standard InChI is InChI=1S/C21H27N5O/c1-4-24(5-2)11-17-13-25(12-16-10-22-15-26(16)17)21(27)19-14-23(3)20-9-7-6-8-18(19)20/h6-10,14-15,17H,4-5,11-13H2,1-3H3/t17-/m1/s1. The summed E-state index contributed by atoms with van der Waals surface area (Å²) in [5, 5.41) is 1.02. The number of carbonyl (C=O) groups is 1. The predicted molar refractivity (Wildman–Crippen MR) is 107 cm³/mol. The molecule has 3 aromatic rings. The zero-order valence-corrected chi connectivity index (χ0v) is 16.3. The number of amides is 1. The number of fused-ring (bicyclic) bond motifs is 2. The summed E-state index contributed by atoms with van der Waals surface area (Å²) in [5.74, 6) is 0.101. The van der Waals surface area contributed by atoms with Gasteiger partial charge in [-0.2, -0.15) is 0 Å². The maximum atomic E-state index is 13.4. The SMILES string of the molecule is CCN(CC)C[C@@H]1CN(C(=O)c2cn(C)c3ccccc23)Cc2cncn21. The number of para-hydroxylation sites is 1. The lowest BCUT2D eigenvalue weighted by molar-refractivity contribution is 0.0657. The third-order valence-corrected chi connectivity index (χ3v) is 5.70. The molecule has 1 aromatic carbocycles. The molecule has 1 amide bonds. The van der Waals surface area contributed by atoms with Crippen LogP contribution in [0.25, 0.3) is 10.9 Å². The Balaban J connectivity index is 1.65. The lowest BCUT2D eigenvalue weighted by Crippen LogP contribution is -2.44. The van der Waals surface area contributed by atoms with Crippen molar-refractivity contribution in [2.24, 2.45) is 7.05 Å². The van der Waals surface area contributed by atoms with Crippen molar-refractivity contribution in [1.82, 2.24) is 23.9 Å². The van der Waals surface area contributed by atoms with Gasteiger partial charge < -0.3 is 18.9 Å². The fourth-order valence-corrected chi connectivity index (χ4v) is 4.15. The Morgan fingerprint density at radius 1 is 1.26 bits per heavy atom. The zero-order valence-electron chi connectivity index (χ0n) is 16.3. The first-order valence-electron chi connectivity index (χ1n) is 9.68. The Bertz CT molecular complexity index is 953. The van der Waals surface area contributed by atoms with Gasteiger partial charge in [0.15, 0.2) is 0 Å². The summed E-state index contributed by atoms with van der Waals surface area (Å²) in [6.07, 6.45) is 5.75. The molecule has 0 fully saturated rings. The van der Waals surface area contributed by atoms with Gasteiger partial charge in [-0.15, -0.1) is 0 Å². The van der Waals surface area contributed by atoms with Crippen molar-refractivity contribution < 1.29 is 4.79 Å². The van der Waals surface area contributed by atoms with E-state index in [0.29, 0.717) is 13.1 Å². The molecule has 0 spiro atoms. The molecule has 6 heteroatoms. The van der Waals surface area contributed by atoms with Gasteiger partial charge in [0.25, 0.3) is 5.91 Å². The summed E-state index contributed by atoms with van der Waals surface area (Å²) in [7, 11) is 1.99. The number of nitrogens with zero attached hydrogens (tertiary/aromatic N) is 5. The molecule has 0 aliphatic carbocycles. The summed E-state index contributed by atoms with van der Waals surface area (Å²) in [4.78, 5) is 22.1. The van der Waals surface area contributed by atoms with Gasteiger partial charge in [0.05, 0.1) is 30.2 Å². The van der Waals surface area contributed by atoms with Gasteiger partial charge in [-0.25, -0.2) is 4.98 Å². The van der Waals surface area contributed by atoms with Gasteiger partial charge in [0.2, 0.25) is 0 Å². The summed E-state index contributed by atoms with van der Waals surface area (Å²) in [6.45, 7) is 8.62. The van der Waals surface area contributed by atoms with Crippen molar-refractivity contribution >= 4 is 16.8 Å². The Morgan fingerprint density at radius 2 is 2.04 bits per heavy atom. The number of rotatable bonds is 5. The van der Waals surface area contributed by atoms with Crippen LogP contribution in [0, 0.1) is 0 Å². The molecule has 0 N–H and O–H groups in total. The largest absolute Gasteiger partial charge is 0.350 e. The molecule has 0 saturated heterocycles. The van der Waals surface area contributed by atoms with Crippen molar-refractivity contribution in [2.45, 2.75) is 26.4 Å². The number of hydrogen-bond donors (Lipinski definition) is 0. The highest BCUT2D eigenvalue weighted by atomic mass is 16.2. The second-order valence-corrected chi connectivity index (χ2v) is 7.29. The molecule has 1 aliphatic heterocycles. The third-order valence-electron chi connectivity index (χ3n) is 5.70. The fourth-order valence-electron chi connectivity index (χ4n) is 4.15. The van der Waals surface area contributed by atoms with E-state index < -0.39 is 0 Å². The van der Waals surface area contributed by atoms with Crippen LogP contribution in [0.2, 0.25) is 0 Å². The van der Waals surface area contributed by atoms with Crippen LogP contribution >= 0.6 is 0 Å². The normalized spacial score (nSPS) is 16.9. The number of likely N-dealkylation sites (N-methyl/N-ethyl adjacent to an activating group) is 1. The molecule has 27 heavy (non-hydrogen) atoms. The molecule has 0 radical (unpaired) electrons. The summed E-state index contributed by atoms with van der Waals surface area (Å²) >= 11 is 0. The first kappa shape index (κ1) is 17.8. The Hall–Kier alpha value is -2.60. The maximum absolute atomic E-state index is 13.4. The van der Waals surface area contributed by atoms with E-state index in [2.05, 4.69) is 34.4 Å². The minimum Gasteiger partial charge on any atom is -0.350 e. The summed E-state index contributed by atoms with van der Waals surface area (Å²) < 4.78 is 4.27. The van der Waals surface area contributed by atoms with Crippen LogP contribution in [-0.2, 0) is 13.6 Å². The molecule has 6 nitrogen and oxygen atoms in total. The Kier molecular flexibility index (Phi) is 4.74. The molecule has 0 bridgehead atoms. The first-order chi connectivity index (χ1) is 13.1. The van der Waals surface area contributed by atoms with Crippen LogP contribution in [0.5, 0.6) is 0 Å². The number of imidazole rings is 1. The fraction of sp³-hybridized carbons (Fsp3) is 0.429. The third kappa shape index (κ3) is 3.14. The van der Waals surface area contributed by atoms with Crippen molar-refractivity contribution in [3.8, 4) is 0 Å². The van der Waals surface area contributed by atoms with E-state index in [1.807, 2.05) is 53.4 Å². The van der Waals surface area contributed by atoms with Crippen LogP contribution < -0.4 is 0 Å². The molecular formula is C21H27N5O. The molecular weight excluding hydrogens is 338 g/mol. The van der Waals surface area contributed by atoms with Crippen molar-refractivity contribution in [2.75, 3.05) is 26.2 Å². The van der Waals surface area contributed by atoms with Crippen LogP contribution in [0.3, 0.4) is 0 Å². The van der Waals surface area contributed by atoms with Crippen molar-refractivity contribution in [3.05, 3.63) is 54.2 Å². The molecule has 0 unspecified atom stereocenters. The lowest BCUT2D eigenvalue weighted by atomic mass is 10.1. The second kappa shape index (κ2) is 7.19. The summed E-state index contributed by atoms with van der Waals surface area (Å²) in [6, 6.07) is 8.32. The molecule has 1 atom stereocenters. The van der Waals surface area contributed by atoms with E-state index >= 15 is 0 Å². The molecule has 1 aliphatic rings. The predicted octanol–water partition coefficient (Wildman–Crippen LogP) is 2.91. The molecule has 4 rings (SSSR count). The van der Waals surface area contributed by atoms with Crippen molar-refractivity contribution in [1.29, 1.82) is 0 Å². The van der Waals surface area contributed by atoms with Gasteiger partial charge in [0.1, 0.15) is 0 Å². The number of aryl methyl sites for hydroxylation is 1. The minimum absolute atomic E-state index is 0.101. The van der Waals surface area contributed by atoms with E-state index in [4.69, 9.17) is 0 Å². The maximum Gasteiger partial charge on any atom is 0.256 e. The van der Waals surface area contributed by atoms with E-state index in [1.165, 1.54) is 0 Å². The molecule has 2 aromatic heterocycles. The van der Waals surface area contributed by atoms with E-state index in [0.717, 1.165) is 41.8 Å². The first-order valence-corrected chi connectivity index (χ1v) is 9.68. The summed E-state index contributed by atoms with van der Waals surface area (Å²) in [5.41, 5.74) is 2.97. The van der Waals surface area contributed by atoms with Crippen LogP contribution in [0.4, 0.5) is 0 Å². The lowest BCUT2D eigenvalue weighted by Gasteiger charge is -2.36. The Labute approximate surface area is 160 Å². The number of aromatic nitrogens is 3. The minimum atomic E-state index is 0.101. The van der Waals surface area contributed by atoms with Crippen LogP contribution in [-0.4, -0.2) is 56.0 Å². The van der Waals surface area contributed by atoms with E-state index in [9.17, 15) is 4.79 Å². The number of benzene rings is 1. The van der Waals surface area contributed by atoms with Crippen LogP contribution in [0.15, 0.2) is 43.0 Å².